The van der Waals surface area contributed by atoms with Crippen molar-refractivity contribution in [1.82, 2.24) is 5.32 Å². The number of nitrogens with one attached hydrogen (secondary N) is 1. The van der Waals surface area contributed by atoms with Crippen LogP contribution in [0.1, 0.15) is 0 Å². The van der Waals surface area contributed by atoms with Crippen molar-refractivity contribution in [2.75, 3.05) is 45.3 Å². The summed E-state index contributed by atoms with van der Waals surface area (Å²) in [6.07, 6.45) is 0. The first kappa shape index (κ1) is 12.0. The van der Waals surface area contributed by atoms with E-state index in [2.05, 4.69) is 10.2 Å². The number of piperazine rings is 1. The van der Waals surface area contributed by atoms with Crippen molar-refractivity contribution in [2.24, 2.45) is 0 Å². The Morgan fingerprint density at radius 2 is 1.88 bits per heavy atom. The molecule has 1 fully saturated rings. The van der Waals surface area contributed by atoms with Crippen molar-refractivity contribution in [2.45, 2.75) is 0 Å². The Morgan fingerprint density at radius 3 is 2.47 bits per heavy atom. The summed E-state index contributed by atoms with van der Waals surface area (Å²) in [4.78, 5) is 2.11. The van der Waals surface area contributed by atoms with Crippen LogP contribution in [0.4, 0.5) is 10.1 Å². The highest BCUT2D eigenvalue weighted by molar-refractivity contribution is 5.62. The van der Waals surface area contributed by atoms with Crippen LogP contribution < -0.4 is 19.7 Å². The Bertz CT molecular complexity index is 392. The largest absolute Gasteiger partial charge is 0.494 e. The Labute approximate surface area is 100 Å². The normalized spacial score (nSPS) is 15.8. The fourth-order valence-corrected chi connectivity index (χ4v) is 2.03. The molecule has 0 atom stereocenters. The molecule has 1 heterocycles. The van der Waals surface area contributed by atoms with Gasteiger partial charge in [-0.3, -0.25) is 0 Å². The number of hydrogen-bond acceptors (Lipinski definition) is 4. The molecule has 1 aromatic carbocycles. The first-order chi connectivity index (χ1) is 8.27. The van der Waals surface area contributed by atoms with Crippen molar-refractivity contribution in [3.05, 3.63) is 17.9 Å². The summed E-state index contributed by atoms with van der Waals surface area (Å²) < 4.78 is 24.1. The quantitative estimate of drug-likeness (QED) is 0.862. The van der Waals surface area contributed by atoms with Gasteiger partial charge in [-0.1, -0.05) is 0 Å². The molecule has 0 bridgehead atoms. The number of halogens is 1. The zero-order chi connectivity index (χ0) is 12.3. The molecule has 4 nitrogen and oxygen atoms in total. The van der Waals surface area contributed by atoms with Gasteiger partial charge in [0, 0.05) is 26.2 Å². The summed E-state index contributed by atoms with van der Waals surface area (Å²) in [5, 5.41) is 3.26. The number of hydrogen-bond donors (Lipinski definition) is 1. The third-order valence-electron chi connectivity index (χ3n) is 2.92. The molecule has 1 aliphatic rings. The number of methoxy groups -OCH3 is 2. The van der Waals surface area contributed by atoms with Crippen LogP contribution >= 0.6 is 0 Å². The second-order valence-electron chi connectivity index (χ2n) is 3.87. The number of benzene rings is 1. The molecule has 0 saturated carbocycles. The first-order valence-electron chi connectivity index (χ1n) is 5.64. The smallest absolute Gasteiger partial charge is 0.208 e. The van der Waals surface area contributed by atoms with Crippen LogP contribution in [0.3, 0.4) is 0 Å². The minimum atomic E-state index is -0.439. The number of rotatable bonds is 3. The molecule has 5 heteroatoms. The predicted octanol–water partition coefficient (Wildman–Crippen LogP) is 1.25. The standard InChI is InChI=1S/C12H17FN2O2/c1-16-10-4-3-9(12(17-2)11(10)13)15-7-5-14-6-8-15/h3-4,14H,5-8H2,1-2H3. The predicted molar refractivity (Wildman–Crippen MR) is 64.6 cm³/mol. The van der Waals surface area contributed by atoms with Gasteiger partial charge in [-0.2, -0.15) is 4.39 Å². The third-order valence-corrected chi connectivity index (χ3v) is 2.92. The van der Waals surface area contributed by atoms with Crippen LogP contribution in [0.2, 0.25) is 0 Å². The summed E-state index contributed by atoms with van der Waals surface area (Å²) >= 11 is 0. The summed E-state index contributed by atoms with van der Waals surface area (Å²) in [5.74, 6) is 0.0259. The second-order valence-corrected chi connectivity index (χ2v) is 3.87. The van der Waals surface area contributed by atoms with E-state index < -0.39 is 5.82 Å². The molecule has 1 saturated heterocycles. The van der Waals surface area contributed by atoms with Crippen molar-refractivity contribution < 1.29 is 13.9 Å². The van der Waals surface area contributed by atoms with Gasteiger partial charge in [-0.05, 0) is 12.1 Å². The first-order valence-corrected chi connectivity index (χ1v) is 5.64. The summed E-state index contributed by atoms with van der Waals surface area (Å²) in [7, 11) is 2.92. The molecular formula is C12H17FN2O2. The average Bonchev–Trinajstić information content (AvgIpc) is 2.39. The van der Waals surface area contributed by atoms with E-state index in [1.54, 1.807) is 6.07 Å². The minimum Gasteiger partial charge on any atom is -0.494 e. The fraction of sp³-hybridized carbons (Fsp3) is 0.500. The van der Waals surface area contributed by atoms with Gasteiger partial charge in [-0.25, -0.2) is 0 Å². The van der Waals surface area contributed by atoms with Gasteiger partial charge in [0.2, 0.25) is 5.82 Å². The van der Waals surface area contributed by atoms with E-state index >= 15 is 0 Å². The maximum atomic E-state index is 14.0. The molecule has 94 valence electrons. The SMILES string of the molecule is COc1ccc(N2CCNCC2)c(OC)c1F. The van der Waals surface area contributed by atoms with Crippen molar-refractivity contribution in [3.8, 4) is 11.5 Å². The maximum absolute atomic E-state index is 14.0. The van der Waals surface area contributed by atoms with E-state index in [0.717, 1.165) is 31.9 Å². The lowest BCUT2D eigenvalue weighted by atomic mass is 10.2. The Balaban J connectivity index is 2.35. The molecule has 0 spiro atoms. The van der Waals surface area contributed by atoms with E-state index in [-0.39, 0.29) is 11.5 Å². The molecule has 0 aliphatic carbocycles. The summed E-state index contributed by atoms with van der Waals surface area (Å²) in [6.45, 7) is 3.50. The molecule has 17 heavy (non-hydrogen) atoms. The molecule has 0 amide bonds. The molecule has 0 radical (unpaired) electrons. The van der Waals surface area contributed by atoms with Gasteiger partial charge in [0.1, 0.15) is 0 Å². The second kappa shape index (κ2) is 5.23. The monoisotopic (exact) mass is 240 g/mol. The third kappa shape index (κ3) is 2.29. The van der Waals surface area contributed by atoms with Gasteiger partial charge in [-0.15, -0.1) is 0 Å². The molecule has 0 unspecified atom stereocenters. The topological polar surface area (TPSA) is 33.7 Å². The van der Waals surface area contributed by atoms with Gasteiger partial charge >= 0.3 is 0 Å². The maximum Gasteiger partial charge on any atom is 0.208 e. The Morgan fingerprint density at radius 1 is 1.18 bits per heavy atom. The van der Waals surface area contributed by atoms with Crippen LogP contribution in [0, 0.1) is 5.82 Å². The van der Waals surface area contributed by atoms with Crippen LogP contribution in [-0.4, -0.2) is 40.4 Å². The number of nitrogens with zero attached hydrogens (tertiary/aromatic N) is 1. The zero-order valence-electron chi connectivity index (χ0n) is 10.1. The van der Waals surface area contributed by atoms with Crippen LogP contribution in [0.25, 0.3) is 0 Å². The van der Waals surface area contributed by atoms with Crippen LogP contribution in [0.15, 0.2) is 12.1 Å². The molecule has 1 N–H and O–H groups in total. The summed E-state index contributed by atoms with van der Waals surface area (Å²) in [6, 6.07) is 3.47. The average molecular weight is 240 g/mol. The molecular weight excluding hydrogens is 223 g/mol. The van der Waals surface area contributed by atoms with Crippen LogP contribution in [0.5, 0.6) is 11.5 Å². The Hall–Kier alpha value is -1.49. The number of anilines is 1. The van der Waals surface area contributed by atoms with E-state index in [9.17, 15) is 4.39 Å². The van der Waals surface area contributed by atoms with E-state index in [0.29, 0.717) is 0 Å². The lowest BCUT2D eigenvalue weighted by Gasteiger charge is -2.30. The van der Waals surface area contributed by atoms with Gasteiger partial charge < -0.3 is 19.7 Å². The molecule has 0 aromatic heterocycles. The van der Waals surface area contributed by atoms with Gasteiger partial charge in [0.15, 0.2) is 11.5 Å². The lowest BCUT2D eigenvalue weighted by molar-refractivity contribution is 0.350. The highest BCUT2D eigenvalue weighted by Gasteiger charge is 2.20. The molecule has 1 aliphatic heterocycles. The van der Waals surface area contributed by atoms with E-state index in [1.165, 1.54) is 14.2 Å². The fourth-order valence-electron chi connectivity index (χ4n) is 2.03. The van der Waals surface area contributed by atoms with Gasteiger partial charge in [0.25, 0.3) is 0 Å². The summed E-state index contributed by atoms with van der Waals surface area (Å²) in [5.41, 5.74) is 0.785. The van der Waals surface area contributed by atoms with E-state index in [1.807, 2.05) is 6.07 Å². The minimum absolute atomic E-state index is 0.209. The highest BCUT2D eigenvalue weighted by atomic mass is 19.1. The van der Waals surface area contributed by atoms with Crippen molar-refractivity contribution >= 4 is 5.69 Å². The Kier molecular flexibility index (Phi) is 3.68. The molecule has 2 rings (SSSR count). The van der Waals surface area contributed by atoms with Crippen LogP contribution in [-0.2, 0) is 0 Å². The van der Waals surface area contributed by atoms with Crippen molar-refractivity contribution in [3.63, 3.8) is 0 Å². The van der Waals surface area contributed by atoms with Crippen molar-refractivity contribution in [1.29, 1.82) is 0 Å². The highest BCUT2D eigenvalue weighted by Crippen LogP contribution is 2.36. The number of ether oxygens (including phenoxy) is 2. The molecule has 1 aromatic rings. The zero-order valence-corrected chi connectivity index (χ0v) is 10.1. The lowest BCUT2D eigenvalue weighted by Crippen LogP contribution is -2.43. The van der Waals surface area contributed by atoms with Gasteiger partial charge in [0.05, 0.1) is 19.9 Å². The van der Waals surface area contributed by atoms with E-state index in [4.69, 9.17) is 9.47 Å².